The molecule has 30 heavy (non-hydrogen) atoms. The van der Waals surface area contributed by atoms with E-state index in [4.69, 9.17) is 4.74 Å². The lowest BCUT2D eigenvalue weighted by Gasteiger charge is -2.09. The summed E-state index contributed by atoms with van der Waals surface area (Å²) in [6.45, 7) is 1.09. The lowest BCUT2D eigenvalue weighted by molar-refractivity contribution is -0.137. The van der Waals surface area contributed by atoms with Gasteiger partial charge in [-0.3, -0.25) is 4.79 Å². The van der Waals surface area contributed by atoms with Crippen molar-refractivity contribution in [2.24, 2.45) is 0 Å². The van der Waals surface area contributed by atoms with Gasteiger partial charge in [0.25, 0.3) is 5.56 Å². The zero-order valence-corrected chi connectivity index (χ0v) is 16.7. The van der Waals surface area contributed by atoms with E-state index in [1.165, 1.54) is 11.8 Å². The Hall–Kier alpha value is -2.85. The molecule has 0 aliphatic carbocycles. The van der Waals surface area contributed by atoms with Gasteiger partial charge in [0.1, 0.15) is 5.82 Å². The van der Waals surface area contributed by atoms with Crippen LogP contribution in [0.15, 0.2) is 52.4 Å². The van der Waals surface area contributed by atoms with Crippen LogP contribution in [-0.4, -0.2) is 33.2 Å². The normalized spacial score (nSPS) is 12.1. The standard InChI is InChI=1S/C20H17F3N4O2S/c1-29-9-8-27-16-5-3-2-4-14(16)25-19(27)30-11-17-24-15-10-12(20(21,22)23)6-7-13(15)18(28)26-17/h2-7,10H,8-9,11H2,1H3,(H,24,26,28). The Morgan fingerprint density at radius 2 is 1.93 bits per heavy atom. The fourth-order valence-corrected chi connectivity index (χ4v) is 4.04. The Kier molecular flexibility index (Phi) is 5.52. The Labute approximate surface area is 173 Å². The number of thioether (sulfide) groups is 1. The van der Waals surface area contributed by atoms with Gasteiger partial charge in [-0.2, -0.15) is 13.2 Å². The highest BCUT2D eigenvalue weighted by molar-refractivity contribution is 7.98. The van der Waals surface area contributed by atoms with Crippen LogP contribution in [0.2, 0.25) is 0 Å². The van der Waals surface area contributed by atoms with E-state index in [0.717, 1.165) is 29.2 Å². The predicted octanol–water partition coefficient (Wildman–Crippen LogP) is 4.23. The maximum Gasteiger partial charge on any atom is 0.416 e. The molecule has 0 unspecified atom stereocenters. The SMILES string of the molecule is COCCn1c(SCc2nc3cc(C(F)(F)F)ccc3c(=O)[nH]2)nc2ccccc21. The molecular formula is C20H17F3N4O2S. The molecule has 2 aromatic heterocycles. The van der Waals surface area contributed by atoms with Crippen molar-refractivity contribution >= 4 is 33.7 Å². The summed E-state index contributed by atoms with van der Waals surface area (Å²) in [7, 11) is 1.62. The van der Waals surface area contributed by atoms with Crippen LogP contribution in [0.4, 0.5) is 13.2 Å². The smallest absolute Gasteiger partial charge is 0.383 e. The van der Waals surface area contributed by atoms with Crippen molar-refractivity contribution in [3.05, 3.63) is 64.2 Å². The van der Waals surface area contributed by atoms with E-state index in [0.29, 0.717) is 18.3 Å². The Bertz CT molecular complexity index is 1270. The molecule has 0 amide bonds. The van der Waals surface area contributed by atoms with Crippen LogP contribution in [0, 0.1) is 0 Å². The number of alkyl halides is 3. The first-order chi connectivity index (χ1) is 14.4. The third kappa shape index (κ3) is 4.05. The number of para-hydroxylation sites is 2. The van der Waals surface area contributed by atoms with Crippen molar-refractivity contribution in [3.8, 4) is 0 Å². The summed E-state index contributed by atoms with van der Waals surface area (Å²) in [4.78, 5) is 23.8. The molecule has 2 aromatic carbocycles. The number of benzene rings is 2. The largest absolute Gasteiger partial charge is 0.416 e. The van der Waals surface area contributed by atoms with E-state index < -0.39 is 17.3 Å². The molecule has 0 radical (unpaired) electrons. The second-order valence-electron chi connectivity index (χ2n) is 6.56. The number of methoxy groups -OCH3 is 1. The Morgan fingerprint density at radius 3 is 2.70 bits per heavy atom. The summed E-state index contributed by atoms with van der Waals surface area (Å²) < 4.78 is 46.2. The molecule has 156 valence electrons. The number of fused-ring (bicyclic) bond motifs is 2. The number of hydrogen-bond donors (Lipinski definition) is 1. The van der Waals surface area contributed by atoms with Crippen LogP contribution < -0.4 is 5.56 Å². The molecule has 1 N–H and O–H groups in total. The average molecular weight is 434 g/mol. The van der Waals surface area contributed by atoms with E-state index in [1.807, 2.05) is 28.8 Å². The van der Waals surface area contributed by atoms with Gasteiger partial charge in [-0.05, 0) is 30.3 Å². The van der Waals surface area contributed by atoms with E-state index in [-0.39, 0.29) is 22.5 Å². The predicted molar refractivity (Wildman–Crippen MR) is 109 cm³/mol. The molecule has 0 saturated carbocycles. The molecular weight excluding hydrogens is 417 g/mol. The van der Waals surface area contributed by atoms with Crippen molar-refractivity contribution in [1.29, 1.82) is 0 Å². The molecule has 0 aliphatic rings. The van der Waals surface area contributed by atoms with Gasteiger partial charge >= 0.3 is 6.18 Å². The van der Waals surface area contributed by atoms with Crippen molar-refractivity contribution in [2.75, 3.05) is 13.7 Å². The van der Waals surface area contributed by atoms with Gasteiger partial charge in [0, 0.05) is 13.7 Å². The minimum Gasteiger partial charge on any atom is -0.383 e. The summed E-state index contributed by atoms with van der Waals surface area (Å²) in [6, 6.07) is 10.6. The van der Waals surface area contributed by atoms with Gasteiger partial charge in [0.05, 0.1) is 39.9 Å². The van der Waals surface area contributed by atoms with Gasteiger partial charge in [-0.15, -0.1) is 0 Å². The number of H-pyrrole nitrogens is 1. The Balaban J connectivity index is 1.66. The highest BCUT2D eigenvalue weighted by Crippen LogP contribution is 2.31. The number of nitrogens with zero attached hydrogens (tertiary/aromatic N) is 3. The second-order valence-corrected chi connectivity index (χ2v) is 7.50. The quantitative estimate of drug-likeness (QED) is 0.460. The molecule has 6 nitrogen and oxygen atoms in total. The zero-order chi connectivity index (χ0) is 21.3. The Morgan fingerprint density at radius 1 is 1.13 bits per heavy atom. The van der Waals surface area contributed by atoms with Gasteiger partial charge < -0.3 is 14.3 Å². The van der Waals surface area contributed by atoms with Crippen LogP contribution in [0.5, 0.6) is 0 Å². The van der Waals surface area contributed by atoms with Crippen molar-refractivity contribution in [2.45, 2.75) is 23.6 Å². The number of rotatable bonds is 6. The molecule has 10 heteroatoms. The number of nitrogens with one attached hydrogen (secondary N) is 1. The van der Waals surface area contributed by atoms with Crippen LogP contribution in [0.25, 0.3) is 21.9 Å². The average Bonchev–Trinajstić information content (AvgIpc) is 3.07. The van der Waals surface area contributed by atoms with Crippen molar-refractivity contribution in [1.82, 2.24) is 19.5 Å². The minimum absolute atomic E-state index is 0.0112. The van der Waals surface area contributed by atoms with Crippen LogP contribution in [0.1, 0.15) is 11.4 Å². The van der Waals surface area contributed by atoms with Gasteiger partial charge in [-0.25, -0.2) is 9.97 Å². The number of aromatic nitrogens is 4. The highest BCUT2D eigenvalue weighted by atomic mass is 32.2. The summed E-state index contributed by atoms with van der Waals surface area (Å²) >= 11 is 1.34. The van der Waals surface area contributed by atoms with Crippen molar-refractivity contribution < 1.29 is 17.9 Å². The van der Waals surface area contributed by atoms with Gasteiger partial charge in [0.2, 0.25) is 0 Å². The lowest BCUT2D eigenvalue weighted by Crippen LogP contribution is -2.13. The summed E-state index contributed by atoms with van der Waals surface area (Å²) in [6.07, 6.45) is -4.50. The van der Waals surface area contributed by atoms with Gasteiger partial charge in [0.15, 0.2) is 5.16 Å². The van der Waals surface area contributed by atoms with E-state index in [1.54, 1.807) is 7.11 Å². The third-order valence-corrected chi connectivity index (χ3v) is 5.55. The van der Waals surface area contributed by atoms with E-state index in [9.17, 15) is 18.0 Å². The molecule has 4 aromatic rings. The number of hydrogen-bond acceptors (Lipinski definition) is 5. The molecule has 0 fully saturated rings. The summed E-state index contributed by atoms with van der Waals surface area (Å²) in [5, 5.41) is 0.823. The van der Waals surface area contributed by atoms with Gasteiger partial charge in [-0.1, -0.05) is 23.9 Å². The topological polar surface area (TPSA) is 72.8 Å². The second kappa shape index (κ2) is 8.11. The zero-order valence-electron chi connectivity index (χ0n) is 15.9. The molecule has 0 spiro atoms. The number of aromatic amines is 1. The van der Waals surface area contributed by atoms with Crippen molar-refractivity contribution in [3.63, 3.8) is 0 Å². The van der Waals surface area contributed by atoms with Crippen LogP contribution >= 0.6 is 11.8 Å². The molecule has 0 saturated heterocycles. The van der Waals surface area contributed by atoms with E-state index in [2.05, 4.69) is 15.0 Å². The minimum atomic E-state index is -4.50. The van der Waals surface area contributed by atoms with Crippen LogP contribution in [0.3, 0.4) is 0 Å². The maximum absolute atomic E-state index is 13.0. The highest BCUT2D eigenvalue weighted by Gasteiger charge is 2.30. The summed E-state index contributed by atoms with van der Waals surface area (Å²) in [5.41, 5.74) is 0.472. The number of ether oxygens (including phenoxy) is 1. The molecule has 0 atom stereocenters. The summed E-state index contributed by atoms with van der Waals surface area (Å²) in [5.74, 6) is 0.528. The molecule has 2 heterocycles. The fourth-order valence-electron chi connectivity index (χ4n) is 3.13. The fraction of sp³-hybridized carbons (Fsp3) is 0.250. The molecule has 0 aliphatic heterocycles. The first-order valence-corrected chi connectivity index (χ1v) is 10.0. The van der Waals surface area contributed by atoms with Crippen LogP contribution in [-0.2, 0) is 23.2 Å². The molecule has 0 bridgehead atoms. The third-order valence-electron chi connectivity index (χ3n) is 4.56. The lowest BCUT2D eigenvalue weighted by atomic mass is 10.1. The monoisotopic (exact) mass is 434 g/mol. The van der Waals surface area contributed by atoms with E-state index >= 15 is 0 Å². The maximum atomic E-state index is 13.0. The number of imidazole rings is 1. The first kappa shape index (κ1) is 20.4. The number of halogens is 3. The molecule has 4 rings (SSSR count). The first-order valence-electron chi connectivity index (χ1n) is 9.04.